The summed E-state index contributed by atoms with van der Waals surface area (Å²) in [5.74, 6) is 0.159. The lowest BCUT2D eigenvalue weighted by Crippen LogP contribution is -2.13. The Morgan fingerprint density at radius 1 is 1.11 bits per heavy atom. The van der Waals surface area contributed by atoms with E-state index in [2.05, 4.69) is 40.6 Å². The van der Waals surface area contributed by atoms with E-state index in [0.717, 1.165) is 5.92 Å². The summed E-state index contributed by atoms with van der Waals surface area (Å²) in [5, 5.41) is 14.8. The van der Waals surface area contributed by atoms with Gasteiger partial charge in [-0.1, -0.05) is 28.0 Å². The summed E-state index contributed by atoms with van der Waals surface area (Å²) in [7, 11) is 8.41. The highest BCUT2D eigenvalue weighted by Gasteiger charge is 2.15. The second kappa shape index (κ2) is 10.5. The average Bonchev–Trinajstić information content (AvgIpc) is 2.77. The van der Waals surface area contributed by atoms with Crippen LogP contribution in [-0.4, -0.2) is 59.2 Å². The number of rotatable bonds is 5. The molecule has 106 valence electrons. The molecule has 0 bridgehead atoms. The van der Waals surface area contributed by atoms with Gasteiger partial charge in [-0.3, -0.25) is 0 Å². The molecule has 1 fully saturated rings. The molecular formula is C11H21NO4S2. The first-order chi connectivity index (χ1) is 8.43. The normalized spacial score (nSPS) is 15.3. The van der Waals surface area contributed by atoms with Crippen molar-refractivity contribution < 1.29 is 19.8 Å². The standard InChI is InChI=1S/C9H19NS2.C2H2O4/c1-10(2)6-4-3-5-9-7-11-12-8-9;3-1(4)2(5)6/h9H,3-8H2,1-2H3;(H,3,4)(H,5,6). The molecule has 1 saturated heterocycles. The van der Waals surface area contributed by atoms with E-state index in [1.807, 2.05) is 0 Å². The molecule has 2 N–H and O–H groups in total. The lowest BCUT2D eigenvalue weighted by Gasteiger charge is -2.10. The maximum Gasteiger partial charge on any atom is 0.414 e. The fraction of sp³-hybridized carbons (Fsp3) is 0.818. The highest BCUT2D eigenvalue weighted by atomic mass is 33.1. The smallest absolute Gasteiger partial charge is 0.414 e. The average molecular weight is 295 g/mol. The van der Waals surface area contributed by atoms with Gasteiger partial charge in [-0.15, -0.1) is 0 Å². The summed E-state index contributed by atoms with van der Waals surface area (Å²) >= 11 is 0. The number of carboxylic acids is 2. The molecule has 0 radical (unpaired) electrons. The van der Waals surface area contributed by atoms with Crippen molar-refractivity contribution in [1.82, 2.24) is 4.90 Å². The summed E-state index contributed by atoms with van der Waals surface area (Å²) in [5.41, 5.74) is 0. The molecule has 0 saturated carbocycles. The SMILES string of the molecule is CN(C)CCCCC1CSSC1.O=C(O)C(=O)O. The van der Waals surface area contributed by atoms with Gasteiger partial charge in [-0.2, -0.15) is 0 Å². The second-order valence-electron chi connectivity index (χ2n) is 4.34. The van der Waals surface area contributed by atoms with Crippen LogP contribution in [0.2, 0.25) is 0 Å². The number of carboxylic acid groups (broad SMARTS) is 2. The quantitative estimate of drug-likeness (QED) is 0.455. The van der Waals surface area contributed by atoms with Crippen molar-refractivity contribution in [1.29, 1.82) is 0 Å². The maximum atomic E-state index is 9.10. The first kappa shape index (κ1) is 17.6. The van der Waals surface area contributed by atoms with Gasteiger partial charge in [0.2, 0.25) is 0 Å². The van der Waals surface area contributed by atoms with E-state index < -0.39 is 11.9 Å². The van der Waals surface area contributed by atoms with Crippen molar-refractivity contribution >= 4 is 33.5 Å². The van der Waals surface area contributed by atoms with Gasteiger partial charge in [0.05, 0.1) is 0 Å². The van der Waals surface area contributed by atoms with Crippen LogP contribution < -0.4 is 0 Å². The molecule has 1 aliphatic rings. The topological polar surface area (TPSA) is 77.8 Å². The molecule has 18 heavy (non-hydrogen) atoms. The minimum absolute atomic E-state index is 1.02. The van der Waals surface area contributed by atoms with Crippen LogP contribution in [0.3, 0.4) is 0 Å². The van der Waals surface area contributed by atoms with E-state index in [0.29, 0.717) is 0 Å². The van der Waals surface area contributed by atoms with Gasteiger partial charge < -0.3 is 15.1 Å². The summed E-state index contributed by atoms with van der Waals surface area (Å²) in [6, 6.07) is 0. The predicted octanol–water partition coefficient (Wildman–Crippen LogP) is 1.89. The zero-order valence-electron chi connectivity index (χ0n) is 10.8. The van der Waals surface area contributed by atoms with Crippen molar-refractivity contribution in [3.63, 3.8) is 0 Å². The fourth-order valence-electron chi connectivity index (χ4n) is 1.36. The molecule has 1 heterocycles. The van der Waals surface area contributed by atoms with Crippen molar-refractivity contribution in [2.45, 2.75) is 19.3 Å². The van der Waals surface area contributed by atoms with E-state index in [1.54, 1.807) is 0 Å². The summed E-state index contributed by atoms with van der Waals surface area (Å²) < 4.78 is 0. The third-order valence-corrected chi connectivity index (χ3v) is 5.04. The van der Waals surface area contributed by atoms with Gasteiger partial charge in [-0.05, 0) is 39.4 Å². The monoisotopic (exact) mass is 295 g/mol. The van der Waals surface area contributed by atoms with E-state index in [9.17, 15) is 0 Å². The van der Waals surface area contributed by atoms with Crippen LogP contribution in [0.15, 0.2) is 0 Å². The Morgan fingerprint density at radius 3 is 2.00 bits per heavy atom. The Kier molecular flexibility index (Phi) is 10.3. The molecule has 1 aliphatic heterocycles. The third-order valence-electron chi connectivity index (χ3n) is 2.34. The zero-order chi connectivity index (χ0) is 14.0. The minimum Gasteiger partial charge on any atom is -0.473 e. The maximum absolute atomic E-state index is 9.10. The van der Waals surface area contributed by atoms with Gasteiger partial charge >= 0.3 is 11.9 Å². The molecule has 5 nitrogen and oxygen atoms in total. The molecule has 0 spiro atoms. The zero-order valence-corrected chi connectivity index (χ0v) is 12.4. The summed E-state index contributed by atoms with van der Waals surface area (Å²) in [6.07, 6.45) is 4.25. The second-order valence-corrected chi connectivity index (χ2v) is 6.90. The minimum atomic E-state index is -1.82. The Hall–Kier alpha value is -0.400. The Morgan fingerprint density at radius 2 is 1.61 bits per heavy atom. The molecule has 0 unspecified atom stereocenters. The molecule has 0 aromatic heterocycles. The molecule has 0 aromatic rings. The summed E-state index contributed by atoms with van der Waals surface area (Å²) in [4.78, 5) is 20.5. The van der Waals surface area contributed by atoms with E-state index in [-0.39, 0.29) is 0 Å². The van der Waals surface area contributed by atoms with Crippen molar-refractivity contribution in [2.75, 3.05) is 32.1 Å². The van der Waals surface area contributed by atoms with Crippen LogP contribution in [0.25, 0.3) is 0 Å². The van der Waals surface area contributed by atoms with Crippen molar-refractivity contribution in [3.8, 4) is 0 Å². The van der Waals surface area contributed by atoms with Gasteiger partial charge in [0.1, 0.15) is 0 Å². The highest BCUT2D eigenvalue weighted by molar-refractivity contribution is 8.77. The van der Waals surface area contributed by atoms with E-state index >= 15 is 0 Å². The van der Waals surface area contributed by atoms with Gasteiger partial charge in [-0.25, -0.2) is 9.59 Å². The molecule has 0 atom stereocenters. The largest absolute Gasteiger partial charge is 0.473 e. The third kappa shape index (κ3) is 10.7. The number of nitrogens with zero attached hydrogens (tertiary/aromatic N) is 1. The van der Waals surface area contributed by atoms with Crippen molar-refractivity contribution in [3.05, 3.63) is 0 Å². The van der Waals surface area contributed by atoms with Crippen LogP contribution in [0.5, 0.6) is 0 Å². The molecule has 0 aliphatic carbocycles. The van der Waals surface area contributed by atoms with E-state index in [1.165, 1.54) is 37.3 Å². The van der Waals surface area contributed by atoms with Crippen LogP contribution in [0.4, 0.5) is 0 Å². The van der Waals surface area contributed by atoms with Gasteiger partial charge in [0.25, 0.3) is 0 Å². The highest BCUT2D eigenvalue weighted by Crippen LogP contribution is 2.36. The van der Waals surface area contributed by atoms with E-state index in [4.69, 9.17) is 19.8 Å². The first-order valence-electron chi connectivity index (χ1n) is 5.78. The number of hydrogen-bond donors (Lipinski definition) is 2. The Balaban J connectivity index is 0.000000411. The fourth-order valence-corrected chi connectivity index (χ4v) is 4.39. The molecular weight excluding hydrogens is 274 g/mol. The lowest BCUT2D eigenvalue weighted by molar-refractivity contribution is -0.159. The molecule has 7 heteroatoms. The summed E-state index contributed by atoms with van der Waals surface area (Å²) in [6.45, 7) is 1.26. The van der Waals surface area contributed by atoms with Crippen LogP contribution >= 0.6 is 21.6 Å². The van der Waals surface area contributed by atoms with Crippen LogP contribution in [-0.2, 0) is 9.59 Å². The number of aliphatic carboxylic acids is 2. The molecule has 0 amide bonds. The number of hydrogen-bond acceptors (Lipinski definition) is 5. The number of unbranched alkanes of at least 4 members (excludes halogenated alkanes) is 1. The van der Waals surface area contributed by atoms with Gasteiger partial charge in [0.15, 0.2) is 0 Å². The number of carbonyl (C=O) groups is 2. The lowest BCUT2D eigenvalue weighted by atomic mass is 10.1. The predicted molar refractivity (Wildman–Crippen MR) is 76.1 cm³/mol. The first-order valence-corrected chi connectivity index (χ1v) is 8.27. The molecule has 0 aromatic carbocycles. The Labute approximate surface area is 116 Å². The van der Waals surface area contributed by atoms with Gasteiger partial charge in [0, 0.05) is 11.5 Å². The Bertz CT molecular complexity index is 243. The molecule has 1 rings (SSSR count). The van der Waals surface area contributed by atoms with Crippen molar-refractivity contribution in [2.24, 2.45) is 5.92 Å². The van der Waals surface area contributed by atoms with Crippen LogP contribution in [0.1, 0.15) is 19.3 Å². The van der Waals surface area contributed by atoms with Crippen LogP contribution in [0, 0.1) is 5.92 Å².